The summed E-state index contributed by atoms with van der Waals surface area (Å²) in [6, 6.07) is 12.4. The van der Waals surface area contributed by atoms with Crippen LogP contribution in [-0.4, -0.2) is 45.8 Å². The zero-order valence-electron chi connectivity index (χ0n) is 15.9. The zero-order valence-corrected chi connectivity index (χ0v) is 15.9. The number of methoxy groups -OCH3 is 1. The quantitative estimate of drug-likeness (QED) is 0.757. The van der Waals surface area contributed by atoms with Gasteiger partial charge in [-0.15, -0.1) is 0 Å². The van der Waals surface area contributed by atoms with E-state index in [1.54, 1.807) is 42.5 Å². The largest absolute Gasteiger partial charge is 0.497 e. The molecule has 3 heterocycles. The van der Waals surface area contributed by atoms with E-state index < -0.39 is 6.04 Å². The van der Waals surface area contributed by atoms with Gasteiger partial charge in [0.25, 0.3) is 5.91 Å². The van der Waals surface area contributed by atoms with Gasteiger partial charge in [0.2, 0.25) is 5.91 Å². The van der Waals surface area contributed by atoms with Crippen molar-refractivity contribution in [3.05, 3.63) is 60.0 Å². The molecule has 0 spiro atoms. The van der Waals surface area contributed by atoms with Crippen LogP contribution >= 0.6 is 0 Å². The van der Waals surface area contributed by atoms with Gasteiger partial charge in [-0.3, -0.25) is 9.59 Å². The molecule has 1 N–H and O–H groups in total. The lowest BCUT2D eigenvalue weighted by Crippen LogP contribution is -2.43. The number of hydrogen-bond acceptors (Lipinski definition) is 4. The van der Waals surface area contributed by atoms with Crippen LogP contribution in [0.15, 0.2) is 48.7 Å². The highest BCUT2D eigenvalue weighted by molar-refractivity contribution is 6.01. The van der Waals surface area contributed by atoms with E-state index in [9.17, 15) is 9.59 Å². The SMILES string of the molecule is COc1ccc(NC(=O)C2CCCN2C(=O)c2cn3c(C)cccc3n2)cc1. The number of rotatable bonds is 4. The third-order valence-corrected chi connectivity index (χ3v) is 5.09. The number of pyridine rings is 1. The molecule has 0 radical (unpaired) electrons. The summed E-state index contributed by atoms with van der Waals surface area (Å²) < 4.78 is 7.01. The van der Waals surface area contributed by atoms with Gasteiger partial charge in [-0.25, -0.2) is 4.98 Å². The second-order valence-electron chi connectivity index (χ2n) is 6.90. The fraction of sp³-hybridized carbons (Fsp3) is 0.286. The molecule has 28 heavy (non-hydrogen) atoms. The van der Waals surface area contributed by atoms with Gasteiger partial charge in [0.1, 0.15) is 23.1 Å². The smallest absolute Gasteiger partial charge is 0.274 e. The number of ether oxygens (including phenoxy) is 1. The van der Waals surface area contributed by atoms with E-state index in [0.717, 1.165) is 23.5 Å². The highest BCUT2D eigenvalue weighted by atomic mass is 16.5. The van der Waals surface area contributed by atoms with Gasteiger partial charge in [-0.1, -0.05) is 6.07 Å². The first-order valence-corrected chi connectivity index (χ1v) is 9.27. The number of hydrogen-bond donors (Lipinski definition) is 1. The van der Waals surface area contributed by atoms with Gasteiger partial charge < -0.3 is 19.4 Å². The van der Waals surface area contributed by atoms with E-state index in [1.165, 1.54) is 0 Å². The van der Waals surface area contributed by atoms with E-state index >= 15 is 0 Å². The molecule has 3 aromatic rings. The minimum Gasteiger partial charge on any atom is -0.497 e. The number of aryl methyl sites for hydroxylation is 1. The second kappa shape index (κ2) is 7.34. The number of benzene rings is 1. The average molecular weight is 378 g/mol. The molecule has 0 bridgehead atoms. The Bertz CT molecular complexity index is 1030. The molecule has 4 rings (SSSR count). The molecule has 0 saturated carbocycles. The molecule has 2 amide bonds. The van der Waals surface area contributed by atoms with Gasteiger partial charge >= 0.3 is 0 Å². The Balaban J connectivity index is 1.52. The molecule has 1 aliphatic heterocycles. The monoisotopic (exact) mass is 378 g/mol. The van der Waals surface area contributed by atoms with Crippen LogP contribution in [0.25, 0.3) is 5.65 Å². The molecule has 7 nitrogen and oxygen atoms in total. The summed E-state index contributed by atoms with van der Waals surface area (Å²) in [5.74, 6) is 0.323. The number of likely N-dealkylation sites (tertiary alicyclic amines) is 1. The molecular weight excluding hydrogens is 356 g/mol. The number of nitrogens with one attached hydrogen (secondary N) is 1. The van der Waals surface area contributed by atoms with Crippen molar-refractivity contribution in [3.8, 4) is 5.75 Å². The predicted octanol–water partition coefficient (Wildman–Crippen LogP) is 2.89. The predicted molar refractivity (Wildman–Crippen MR) is 106 cm³/mol. The van der Waals surface area contributed by atoms with Crippen LogP contribution in [0.1, 0.15) is 29.0 Å². The van der Waals surface area contributed by atoms with Crippen molar-refractivity contribution < 1.29 is 14.3 Å². The topological polar surface area (TPSA) is 75.9 Å². The van der Waals surface area contributed by atoms with Crippen molar-refractivity contribution in [2.75, 3.05) is 19.0 Å². The maximum Gasteiger partial charge on any atom is 0.274 e. The number of carbonyl (C=O) groups is 2. The van der Waals surface area contributed by atoms with E-state index in [0.29, 0.717) is 24.3 Å². The molecule has 1 unspecified atom stereocenters. The first-order valence-electron chi connectivity index (χ1n) is 9.27. The standard InChI is InChI=1S/C21H22N4O3/c1-14-5-3-7-19-23-17(13-25(14)19)21(27)24-12-4-6-18(24)20(26)22-15-8-10-16(28-2)11-9-15/h3,5,7-11,13,18H,4,6,12H2,1-2H3,(H,22,26). The maximum atomic E-state index is 13.0. The lowest BCUT2D eigenvalue weighted by atomic mass is 10.2. The lowest BCUT2D eigenvalue weighted by Gasteiger charge is -2.23. The van der Waals surface area contributed by atoms with Crippen molar-refractivity contribution in [2.24, 2.45) is 0 Å². The number of amides is 2. The summed E-state index contributed by atoms with van der Waals surface area (Å²) in [7, 11) is 1.59. The number of anilines is 1. The molecule has 1 aliphatic rings. The Morgan fingerprint density at radius 1 is 1.18 bits per heavy atom. The Morgan fingerprint density at radius 2 is 1.96 bits per heavy atom. The van der Waals surface area contributed by atoms with Crippen LogP contribution in [0.4, 0.5) is 5.69 Å². The number of nitrogens with zero attached hydrogens (tertiary/aromatic N) is 3. The van der Waals surface area contributed by atoms with Gasteiger partial charge in [0.15, 0.2) is 0 Å². The Morgan fingerprint density at radius 3 is 2.68 bits per heavy atom. The van der Waals surface area contributed by atoms with Crippen LogP contribution in [0.3, 0.4) is 0 Å². The molecular formula is C21H22N4O3. The Hall–Kier alpha value is -3.35. The van der Waals surface area contributed by atoms with Crippen molar-refractivity contribution in [1.82, 2.24) is 14.3 Å². The first-order chi connectivity index (χ1) is 13.6. The molecule has 2 aromatic heterocycles. The summed E-state index contributed by atoms with van der Waals surface area (Å²) in [6.45, 7) is 2.51. The third kappa shape index (κ3) is 3.31. The zero-order chi connectivity index (χ0) is 19.7. The van der Waals surface area contributed by atoms with Gasteiger partial charge in [-0.05, 0) is 56.2 Å². The summed E-state index contributed by atoms with van der Waals surface area (Å²) in [6.07, 6.45) is 3.17. The molecule has 1 aromatic carbocycles. The van der Waals surface area contributed by atoms with E-state index in [1.807, 2.05) is 29.5 Å². The van der Waals surface area contributed by atoms with E-state index in [2.05, 4.69) is 10.3 Å². The van der Waals surface area contributed by atoms with Crippen LogP contribution in [0.5, 0.6) is 5.75 Å². The van der Waals surface area contributed by atoms with Gasteiger partial charge in [-0.2, -0.15) is 0 Å². The minimum atomic E-state index is -0.500. The van der Waals surface area contributed by atoms with E-state index in [4.69, 9.17) is 4.74 Å². The van der Waals surface area contributed by atoms with Crippen molar-refractivity contribution in [1.29, 1.82) is 0 Å². The van der Waals surface area contributed by atoms with Crippen LogP contribution in [0, 0.1) is 6.92 Å². The first kappa shape index (κ1) is 18.0. The maximum absolute atomic E-state index is 13.0. The number of imidazole rings is 1. The Labute approximate surface area is 162 Å². The Kier molecular flexibility index (Phi) is 4.73. The fourth-order valence-electron chi connectivity index (χ4n) is 3.58. The number of fused-ring (bicyclic) bond motifs is 1. The average Bonchev–Trinajstić information content (AvgIpc) is 3.36. The summed E-state index contributed by atoms with van der Waals surface area (Å²) in [4.78, 5) is 31.9. The summed E-state index contributed by atoms with van der Waals surface area (Å²) in [5, 5.41) is 2.89. The number of aromatic nitrogens is 2. The van der Waals surface area contributed by atoms with Crippen molar-refractivity contribution in [2.45, 2.75) is 25.8 Å². The van der Waals surface area contributed by atoms with E-state index in [-0.39, 0.29) is 11.8 Å². The molecule has 1 saturated heterocycles. The van der Waals surface area contributed by atoms with Crippen molar-refractivity contribution in [3.63, 3.8) is 0 Å². The fourth-order valence-corrected chi connectivity index (χ4v) is 3.58. The summed E-state index contributed by atoms with van der Waals surface area (Å²) >= 11 is 0. The highest BCUT2D eigenvalue weighted by Crippen LogP contribution is 2.23. The van der Waals surface area contributed by atoms with Crippen LogP contribution in [0.2, 0.25) is 0 Å². The minimum absolute atomic E-state index is 0.184. The molecule has 7 heteroatoms. The second-order valence-corrected chi connectivity index (χ2v) is 6.90. The highest BCUT2D eigenvalue weighted by Gasteiger charge is 2.35. The molecule has 144 valence electrons. The third-order valence-electron chi connectivity index (χ3n) is 5.09. The lowest BCUT2D eigenvalue weighted by molar-refractivity contribution is -0.119. The molecule has 0 aliphatic carbocycles. The summed E-state index contributed by atoms with van der Waals surface area (Å²) in [5.41, 5.74) is 2.76. The van der Waals surface area contributed by atoms with Gasteiger partial charge in [0, 0.05) is 24.1 Å². The number of carbonyl (C=O) groups excluding carboxylic acids is 2. The van der Waals surface area contributed by atoms with Crippen LogP contribution < -0.4 is 10.1 Å². The van der Waals surface area contributed by atoms with Crippen LogP contribution in [-0.2, 0) is 4.79 Å². The molecule has 1 atom stereocenters. The molecule has 1 fully saturated rings. The van der Waals surface area contributed by atoms with Crippen molar-refractivity contribution >= 4 is 23.1 Å². The van der Waals surface area contributed by atoms with Gasteiger partial charge in [0.05, 0.1) is 7.11 Å². The normalized spacial score (nSPS) is 16.4.